The van der Waals surface area contributed by atoms with E-state index in [2.05, 4.69) is 4.98 Å². The summed E-state index contributed by atoms with van der Waals surface area (Å²) in [6.45, 7) is 0. The number of carbonyl (C=O) groups is 1. The summed E-state index contributed by atoms with van der Waals surface area (Å²) in [5, 5.41) is 0. The number of amides is 1. The first-order valence-electron chi connectivity index (χ1n) is 2.69. The van der Waals surface area contributed by atoms with Crippen LogP contribution in [0.25, 0.3) is 0 Å². The average Bonchev–Trinajstić information content (AvgIpc) is 2.14. The number of halogens is 1. The van der Waals surface area contributed by atoms with Crippen LogP contribution in [0.5, 0.6) is 0 Å². The van der Waals surface area contributed by atoms with E-state index in [1.807, 2.05) is 0 Å². The first-order valence-corrected chi connectivity index (χ1v) is 2.69. The first-order chi connectivity index (χ1) is 4.63. The van der Waals surface area contributed by atoms with Gasteiger partial charge in [0, 0.05) is 7.05 Å². The summed E-state index contributed by atoms with van der Waals surface area (Å²) in [6, 6.07) is 0. The second-order valence-corrected chi connectivity index (χ2v) is 1.95. The van der Waals surface area contributed by atoms with E-state index in [-0.39, 0.29) is 18.1 Å². The van der Waals surface area contributed by atoms with Gasteiger partial charge in [-0.15, -0.1) is 12.4 Å². The predicted molar refractivity (Wildman–Crippen MR) is 43.4 cm³/mol. The van der Waals surface area contributed by atoms with Gasteiger partial charge >= 0.3 is 0 Å². The van der Waals surface area contributed by atoms with Crippen molar-refractivity contribution in [2.75, 3.05) is 5.73 Å². The molecule has 1 heterocycles. The lowest BCUT2D eigenvalue weighted by atomic mass is 10.4. The number of carbonyl (C=O) groups excluding carboxylic acids is 1. The fourth-order valence-corrected chi connectivity index (χ4v) is 0.630. The average molecular weight is 177 g/mol. The van der Waals surface area contributed by atoms with Gasteiger partial charge in [0.15, 0.2) is 5.69 Å². The summed E-state index contributed by atoms with van der Waals surface area (Å²) < 4.78 is 1.53. The van der Waals surface area contributed by atoms with Crippen molar-refractivity contribution in [1.29, 1.82) is 0 Å². The van der Waals surface area contributed by atoms with Crippen molar-refractivity contribution >= 4 is 24.1 Å². The highest BCUT2D eigenvalue weighted by molar-refractivity contribution is 5.95. The predicted octanol–water partition coefficient (Wildman–Crippen LogP) is -0.477. The van der Waals surface area contributed by atoms with E-state index in [0.29, 0.717) is 5.82 Å². The highest BCUT2D eigenvalue weighted by Crippen LogP contribution is 2.05. The number of aromatic nitrogens is 2. The maximum atomic E-state index is 10.5. The molecule has 0 atom stereocenters. The van der Waals surface area contributed by atoms with Crippen LogP contribution in [0.3, 0.4) is 0 Å². The molecule has 1 aromatic rings. The van der Waals surface area contributed by atoms with Gasteiger partial charge in [-0.05, 0) is 0 Å². The van der Waals surface area contributed by atoms with Crippen molar-refractivity contribution in [3.8, 4) is 0 Å². The molecule has 0 saturated carbocycles. The molecule has 0 bridgehead atoms. The van der Waals surface area contributed by atoms with Crippen molar-refractivity contribution in [2.24, 2.45) is 12.8 Å². The van der Waals surface area contributed by atoms with Gasteiger partial charge in [0.25, 0.3) is 5.91 Å². The van der Waals surface area contributed by atoms with Crippen molar-refractivity contribution in [2.45, 2.75) is 0 Å². The van der Waals surface area contributed by atoms with Gasteiger partial charge in [-0.3, -0.25) is 4.79 Å². The number of aryl methyl sites for hydroxylation is 1. The van der Waals surface area contributed by atoms with E-state index in [0.717, 1.165) is 0 Å². The quantitative estimate of drug-likeness (QED) is 0.606. The Morgan fingerprint density at radius 1 is 1.73 bits per heavy atom. The van der Waals surface area contributed by atoms with Gasteiger partial charge in [-0.1, -0.05) is 0 Å². The lowest BCUT2D eigenvalue weighted by molar-refractivity contribution is 0.0997. The monoisotopic (exact) mass is 176 g/mol. The topological polar surface area (TPSA) is 86.9 Å². The smallest absolute Gasteiger partial charge is 0.271 e. The van der Waals surface area contributed by atoms with E-state index in [1.54, 1.807) is 7.05 Å². The van der Waals surface area contributed by atoms with Crippen LogP contribution in [0.2, 0.25) is 0 Å². The van der Waals surface area contributed by atoms with Gasteiger partial charge < -0.3 is 16.0 Å². The van der Waals surface area contributed by atoms with Crippen molar-refractivity contribution in [1.82, 2.24) is 9.55 Å². The van der Waals surface area contributed by atoms with Crippen molar-refractivity contribution < 1.29 is 4.79 Å². The van der Waals surface area contributed by atoms with Gasteiger partial charge in [0.2, 0.25) is 0 Å². The minimum absolute atomic E-state index is 0. The number of imidazole rings is 1. The maximum absolute atomic E-state index is 10.5. The molecule has 0 aliphatic rings. The number of rotatable bonds is 1. The second-order valence-electron chi connectivity index (χ2n) is 1.95. The van der Waals surface area contributed by atoms with Crippen LogP contribution in [0, 0.1) is 0 Å². The molecule has 0 unspecified atom stereocenters. The molecule has 1 aromatic heterocycles. The summed E-state index contributed by atoms with van der Waals surface area (Å²) >= 11 is 0. The molecular formula is C5H9ClN4O. The van der Waals surface area contributed by atoms with Crippen LogP contribution in [-0.2, 0) is 7.05 Å². The highest BCUT2D eigenvalue weighted by Gasteiger charge is 2.09. The van der Waals surface area contributed by atoms with Gasteiger partial charge in [0.05, 0.1) is 6.33 Å². The SMILES string of the molecule is Cl.Cn1cnc(C(N)=O)c1N. The molecule has 0 aromatic carbocycles. The molecule has 0 fully saturated rings. The molecular weight excluding hydrogens is 168 g/mol. The number of nitrogens with two attached hydrogens (primary N) is 2. The van der Waals surface area contributed by atoms with Crippen molar-refractivity contribution in [3.63, 3.8) is 0 Å². The van der Waals surface area contributed by atoms with Gasteiger partial charge in [-0.2, -0.15) is 0 Å². The van der Waals surface area contributed by atoms with Crippen LogP contribution in [0.15, 0.2) is 6.33 Å². The summed E-state index contributed by atoms with van der Waals surface area (Å²) in [5.74, 6) is -0.300. The molecule has 5 nitrogen and oxygen atoms in total. The van der Waals surface area contributed by atoms with E-state index in [9.17, 15) is 4.79 Å². The summed E-state index contributed by atoms with van der Waals surface area (Å²) in [5.41, 5.74) is 10.5. The molecule has 0 aliphatic heterocycles. The summed E-state index contributed by atoms with van der Waals surface area (Å²) in [4.78, 5) is 14.2. The van der Waals surface area contributed by atoms with Gasteiger partial charge in [-0.25, -0.2) is 4.98 Å². The Balaban J connectivity index is 0.000001000. The lowest BCUT2D eigenvalue weighted by Gasteiger charge is -1.93. The Bertz CT molecular complexity index is 269. The molecule has 62 valence electrons. The fraction of sp³-hybridized carbons (Fsp3) is 0.200. The Morgan fingerprint density at radius 3 is 2.45 bits per heavy atom. The molecule has 11 heavy (non-hydrogen) atoms. The van der Waals surface area contributed by atoms with Crippen molar-refractivity contribution in [3.05, 3.63) is 12.0 Å². The zero-order valence-corrected chi connectivity index (χ0v) is 6.76. The lowest BCUT2D eigenvalue weighted by Crippen LogP contribution is -2.14. The van der Waals surface area contributed by atoms with E-state index < -0.39 is 5.91 Å². The van der Waals surface area contributed by atoms with Gasteiger partial charge in [0.1, 0.15) is 5.82 Å². The molecule has 1 amide bonds. The molecule has 1 rings (SSSR count). The number of hydrogen-bond acceptors (Lipinski definition) is 3. The van der Waals surface area contributed by atoms with E-state index >= 15 is 0 Å². The van der Waals surface area contributed by atoms with Crippen LogP contribution < -0.4 is 11.5 Å². The largest absolute Gasteiger partial charge is 0.383 e. The molecule has 0 saturated heterocycles. The highest BCUT2D eigenvalue weighted by atomic mass is 35.5. The zero-order chi connectivity index (χ0) is 7.72. The third kappa shape index (κ3) is 1.62. The zero-order valence-electron chi connectivity index (χ0n) is 5.94. The fourth-order valence-electron chi connectivity index (χ4n) is 0.630. The van der Waals surface area contributed by atoms with E-state index in [1.165, 1.54) is 10.9 Å². The molecule has 6 heteroatoms. The molecule has 4 N–H and O–H groups in total. The van der Waals surface area contributed by atoms with Crippen LogP contribution >= 0.6 is 12.4 Å². The van der Waals surface area contributed by atoms with E-state index in [4.69, 9.17) is 11.5 Å². The standard InChI is InChI=1S/C5H8N4O.ClH/c1-9-2-8-3(4(9)6)5(7)10;/h2H,6H2,1H3,(H2,7,10);1H. The number of nitrogens with zero attached hydrogens (tertiary/aromatic N) is 2. The summed E-state index contributed by atoms with van der Waals surface area (Å²) in [7, 11) is 1.69. The Hall–Kier alpha value is -1.23. The Labute approximate surface area is 69.8 Å². The van der Waals surface area contributed by atoms with Crippen LogP contribution in [-0.4, -0.2) is 15.5 Å². The minimum atomic E-state index is -0.599. The minimum Gasteiger partial charge on any atom is -0.383 e. The Morgan fingerprint density at radius 2 is 2.27 bits per heavy atom. The number of primary amides is 1. The van der Waals surface area contributed by atoms with Crippen LogP contribution in [0.4, 0.5) is 5.82 Å². The maximum Gasteiger partial charge on any atom is 0.271 e. The Kier molecular flexibility index (Phi) is 2.88. The molecule has 0 spiro atoms. The second kappa shape index (κ2) is 3.25. The number of hydrogen-bond donors (Lipinski definition) is 2. The number of anilines is 1. The first kappa shape index (κ1) is 9.77. The van der Waals surface area contributed by atoms with Crippen LogP contribution in [0.1, 0.15) is 10.5 Å². The summed E-state index contributed by atoms with van der Waals surface area (Å²) in [6.07, 6.45) is 1.44. The number of nitrogen functional groups attached to an aromatic ring is 1. The molecule has 0 radical (unpaired) electrons. The third-order valence-electron chi connectivity index (χ3n) is 1.22. The molecule has 0 aliphatic carbocycles. The normalized spacial score (nSPS) is 8.82. The third-order valence-corrected chi connectivity index (χ3v) is 1.22.